The Hall–Kier alpha value is -2.74. The number of piperazine rings is 1. The maximum absolute atomic E-state index is 4.97. The van der Waals surface area contributed by atoms with Gasteiger partial charge in [0, 0.05) is 37.9 Å². The van der Waals surface area contributed by atoms with E-state index in [0.717, 1.165) is 79.0 Å². The molecule has 1 aliphatic heterocycles. The van der Waals surface area contributed by atoms with Gasteiger partial charge in [0.25, 0.3) is 0 Å². The monoisotopic (exact) mass is 394 g/mol. The normalized spacial score (nSPS) is 17.1. The van der Waals surface area contributed by atoms with Crippen LogP contribution in [0.4, 0.5) is 17.6 Å². The molecule has 0 aliphatic carbocycles. The number of nitrogens with zero attached hydrogens (tertiary/aromatic N) is 6. The van der Waals surface area contributed by atoms with Crippen LogP contribution in [0.15, 0.2) is 18.2 Å². The first-order valence-corrected chi connectivity index (χ1v) is 10.6. The molecule has 1 atom stereocenters. The van der Waals surface area contributed by atoms with Crippen LogP contribution in [-0.4, -0.2) is 50.4 Å². The molecule has 1 fully saturated rings. The number of anilines is 3. The quantitative estimate of drug-likeness (QED) is 0.665. The second-order valence-corrected chi connectivity index (χ2v) is 7.68. The molecule has 0 amide bonds. The van der Waals surface area contributed by atoms with Crippen molar-refractivity contribution < 1.29 is 0 Å². The van der Waals surface area contributed by atoms with Crippen LogP contribution in [0.2, 0.25) is 0 Å². The molecule has 8 nitrogen and oxygen atoms in total. The fourth-order valence-electron chi connectivity index (χ4n) is 3.82. The molecule has 1 unspecified atom stereocenters. The minimum Gasteiger partial charge on any atom is -0.338 e. The van der Waals surface area contributed by atoms with Crippen molar-refractivity contribution in [2.45, 2.75) is 53.1 Å². The lowest BCUT2D eigenvalue weighted by molar-refractivity contribution is 0.480. The van der Waals surface area contributed by atoms with E-state index in [2.05, 4.69) is 41.3 Å². The summed E-state index contributed by atoms with van der Waals surface area (Å²) in [7, 11) is 0. The fraction of sp³-hybridized carbons (Fsp3) is 0.524. The molecule has 1 aliphatic rings. The van der Waals surface area contributed by atoms with Crippen molar-refractivity contribution in [2.75, 3.05) is 29.9 Å². The minimum absolute atomic E-state index is 0.409. The van der Waals surface area contributed by atoms with E-state index < -0.39 is 0 Å². The van der Waals surface area contributed by atoms with E-state index in [1.165, 1.54) is 0 Å². The summed E-state index contributed by atoms with van der Waals surface area (Å²) in [5.41, 5.74) is 3.87. The molecular weight excluding hydrogens is 364 g/mol. The number of hydrogen-bond donors (Lipinski definition) is 2. The molecule has 0 aromatic carbocycles. The molecule has 2 N–H and O–H groups in total. The summed E-state index contributed by atoms with van der Waals surface area (Å²) in [5, 5.41) is 11.8. The van der Waals surface area contributed by atoms with Gasteiger partial charge in [-0.1, -0.05) is 19.9 Å². The van der Waals surface area contributed by atoms with Crippen molar-refractivity contribution in [3.05, 3.63) is 29.6 Å². The third-order valence-corrected chi connectivity index (χ3v) is 5.20. The number of rotatable bonds is 6. The van der Waals surface area contributed by atoms with E-state index in [9.17, 15) is 0 Å². The summed E-state index contributed by atoms with van der Waals surface area (Å²) in [4.78, 5) is 16.8. The van der Waals surface area contributed by atoms with Crippen LogP contribution in [-0.2, 0) is 13.0 Å². The predicted octanol–water partition coefficient (Wildman–Crippen LogP) is 3.04. The number of nitrogens with one attached hydrogen (secondary N) is 2. The van der Waals surface area contributed by atoms with Crippen LogP contribution in [0.25, 0.3) is 11.0 Å². The average molecular weight is 395 g/mol. The predicted molar refractivity (Wildman–Crippen MR) is 117 cm³/mol. The Morgan fingerprint density at radius 3 is 2.79 bits per heavy atom. The molecular formula is C21H30N8. The lowest BCUT2D eigenvalue weighted by Crippen LogP contribution is -2.49. The molecule has 0 radical (unpaired) electrons. The van der Waals surface area contributed by atoms with Crippen molar-refractivity contribution in [2.24, 2.45) is 0 Å². The first-order valence-electron chi connectivity index (χ1n) is 10.6. The van der Waals surface area contributed by atoms with Crippen LogP contribution in [0.1, 0.15) is 38.6 Å². The Morgan fingerprint density at radius 1 is 1.21 bits per heavy atom. The number of fused-ring (bicyclic) bond motifs is 1. The molecule has 154 valence electrons. The minimum atomic E-state index is 0.409. The lowest BCUT2D eigenvalue weighted by atomic mass is 10.2. The Morgan fingerprint density at radius 2 is 2.07 bits per heavy atom. The maximum atomic E-state index is 4.97. The highest BCUT2D eigenvalue weighted by Crippen LogP contribution is 2.29. The van der Waals surface area contributed by atoms with Crippen LogP contribution in [0.3, 0.4) is 0 Å². The zero-order valence-electron chi connectivity index (χ0n) is 17.7. The SMILES string of the molecule is CCCn1nc(CC)c2nc(N3CCNC(C)C3)nc(Nc3cccc(C)n3)c21. The van der Waals surface area contributed by atoms with E-state index in [4.69, 9.17) is 15.1 Å². The van der Waals surface area contributed by atoms with Crippen LogP contribution < -0.4 is 15.5 Å². The van der Waals surface area contributed by atoms with Crippen molar-refractivity contribution >= 4 is 28.6 Å². The van der Waals surface area contributed by atoms with Gasteiger partial charge in [0.2, 0.25) is 5.95 Å². The van der Waals surface area contributed by atoms with Crippen LogP contribution in [0.5, 0.6) is 0 Å². The highest BCUT2D eigenvalue weighted by molar-refractivity contribution is 5.90. The van der Waals surface area contributed by atoms with Gasteiger partial charge in [-0.3, -0.25) is 4.68 Å². The van der Waals surface area contributed by atoms with Gasteiger partial charge in [0.15, 0.2) is 5.82 Å². The van der Waals surface area contributed by atoms with Gasteiger partial charge in [0.1, 0.15) is 16.9 Å². The lowest BCUT2D eigenvalue weighted by Gasteiger charge is -2.32. The van der Waals surface area contributed by atoms with Gasteiger partial charge in [0.05, 0.1) is 5.69 Å². The van der Waals surface area contributed by atoms with Crippen molar-refractivity contribution in [1.82, 2.24) is 30.0 Å². The van der Waals surface area contributed by atoms with E-state index in [-0.39, 0.29) is 0 Å². The second-order valence-electron chi connectivity index (χ2n) is 7.68. The third kappa shape index (κ3) is 4.03. The number of aromatic nitrogens is 5. The third-order valence-electron chi connectivity index (χ3n) is 5.20. The number of hydrogen-bond acceptors (Lipinski definition) is 7. The molecule has 1 saturated heterocycles. The molecule has 4 heterocycles. The summed E-state index contributed by atoms with van der Waals surface area (Å²) in [6, 6.07) is 6.37. The molecule has 3 aromatic heterocycles. The van der Waals surface area contributed by atoms with Crippen molar-refractivity contribution in [3.63, 3.8) is 0 Å². The van der Waals surface area contributed by atoms with Gasteiger partial charge in [-0.05, 0) is 38.8 Å². The smallest absolute Gasteiger partial charge is 0.228 e. The van der Waals surface area contributed by atoms with Gasteiger partial charge in [-0.2, -0.15) is 10.1 Å². The Labute approximate surface area is 171 Å². The van der Waals surface area contributed by atoms with Crippen LogP contribution >= 0.6 is 0 Å². The number of pyridine rings is 1. The van der Waals surface area contributed by atoms with Gasteiger partial charge < -0.3 is 15.5 Å². The molecule has 0 saturated carbocycles. The van der Waals surface area contributed by atoms with Crippen molar-refractivity contribution in [1.29, 1.82) is 0 Å². The molecule has 29 heavy (non-hydrogen) atoms. The second kappa shape index (κ2) is 8.32. The fourth-order valence-corrected chi connectivity index (χ4v) is 3.82. The summed E-state index contributed by atoms with van der Waals surface area (Å²) in [5.74, 6) is 2.31. The molecule has 0 spiro atoms. The molecule has 8 heteroatoms. The molecule has 3 aromatic rings. The Balaban J connectivity index is 1.85. The summed E-state index contributed by atoms with van der Waals surface area (Å²) in [6.45, 7) is 12.0. The summed E-state index contributed by atoms with van der Waals surface area (Å²) >= 11 is 0. The van der Waals surface area contributed by atoms with E-state index >= 15 is 0 Å². The van der Waals surface area contributed by atoms with E-state index in [0.29, 0.717) is 6.04 Å². The highest BCUT2D eigenvalue weighted by atomic mass is 15.3. The Bertz CT molecular complexity index is 996. The first-order chi connectivity index (χ1) is 14.1. The average Bonchev–Trinajstić information content (AvgIpc) is 3.06. The summed E-state index contributed by atoms with van der Waals surface area (Å²) in [6.07, 6.45) is 1.84. The zero-order valence-corrected chi connectivity index (χ0v) is 17.7. The van der Waals surface area contributed by atoms with Gasteiger partial charge >= 0.3 is 0 Å². The van der Waals surface area contributed by atoms with E-state index in [1.54, 1.807) is 0 Å². The van der Waals surface area contributed by atoms with Crippen LogP contribution in [0, 0.1) is 6.92 Å². The largest absolute Gasteiger partial charge is 0.338 e. The standard InChI is InChI=1S/C21H30N8/c1-5-11-29-19-18(16(6-2)27-29)25-21(28-12-10-22-15(4)13-28)26-20(19)24-17-9-7-8-14(3)23-17/h7-9,15,22H,5-6,10-13H2,1-4H3,(H,23,24,25,26). The van der Waals surface area contributed by atoms with Crippen molar-refractivity contribution in [3.8, 4) is 0 Å². The molecule has 4 rings (SSSR count). The maximum Gasteiger partial charge on any atom is 0.228 e. The first kappa shape index (κ1) is 19.6. The topological polar surface area (TPSA) is 83.8 Å². The zero-order chi connectivity index (χ0) is 20.4. The number of aryl methyl sites for hydroxylation is 3. The summed E-state index contributed by atoms with van der Waals surface area (Å²) < 4.78 is 2.04. The van der Waals surface area contributed by atoms with Gasteiger partial charge in [-0.15, -0.1) is 0 Å². The van der Waals surface area contributed by atoms with E-state index in [1.807, 2.05) is 29.8 Å². The molecule has 0 bridgehead atoms. The Kier molecular flexibility index (Phi) is 5.62. The van der Waals surface area contributed by atoms with Gasteiger partial charge in [-0.25, -0.2) is 9.97 Å². The highest BCUT2D eigenvalue weighted by Gasteiger charge is 2.23.